The normalized spacial score (nSPS) is 21.0. The predicted molar refractivity (Wildman–Crippen MR) is 215 cm³/mol. The van der Waals surface area contributed by atoms with Gasteiger partial charge in [0, 0.05) is 108 Å². The van der Waals surface area contributed by atoms with E-state index in [-0.39, 0.29) is 24.3 Å². The third-order valence-electron chi connectivity index (χ3n) is 9.59. The largest absolute Gasteiger partial charge is 0.343 e. The summed E-state index contributed by atoms with van der Waals surface area (Å²) in [6, 6.07) is 0. The summed E-state index contributed by atoms with van der Waals surface area (Å²) in [6.45, 7) is 44.3. The van der Waals surface area contributed by atoms with E-state index >= 15 is 0 Å². The summed E-state index contributed by atoms with van der Waals surface area (Å²) >= 11 is 0. The molecule has 0 spiro atoms. The van der Waals surface area contributed by atoms with Crippen LogP contribution in [0.3, 0.4) is 0 Å². The smallest absolute Gasteiger partial charge is 0.236 e. The second-order valence-electron chi connectivity index (χ2n) is 17.9. The zero-order valence-electron chi connectivity index (χ0n) is 35.3. The van der Waals surface area contributed by atoms with Gasteiger partial charge in [0.05, 0.1) is 6.54 Å². The molecular weight excluding hydrogens is 610 g/mol. The molecule has 0 atom stereocenters. The van der Waals surface area contributed by atoms with Crippen LogP contribution in [0.1, 0.15) is 124 Å². The maximum Gasteiger partial charge on any atom is 0.236 e. The highest BCUT2D eigenvalue weighted by atomic mass is 16.2. The zero-order chi connectivity index (χ0) is 37.5. The molecular formula is C40H87N7O2. The molecule has 0 aliphatic carbocycles. The van der Waals surface area contributed by atoms with Crippen molar-refractivity contribution >= 4 is 11.8 Å². The molecule has 2 amide bonds. The van der Waals surface area contributed by atoms with Gasteiger partial charge in [-0.05, 0) is 95.7 Å². The highest BCUT2D eigenvalue weighted by Crippen LogP contribution is 2.21. The fourth-order valence-corrected chi connectivity index (χ4v) is 5.86. The van der Waals surface area contributed by atoms with Crippen LogP contribution in [0, 0.1) is 5.41 Å². The maximum absolute atomic E-state index is 11.7. The van der Waals surface area contributed by atoms with E-state index in [4.69, 9.17) is 0 Å². The average molecular weight is 698 g/mol. The highest BCUT2D eigenvalue weighted by Gasteiger charge is 2.29. The van der Waals surface area contributed by atoms with Crippen molar-refractivity contribution in [3.63, 3.8) is 0 Å². The number of rotatable bonds is 0. The van der Waals surface area contributed by atoms with Gasteiger partial charge < -0.3 is 19.6 Å². The Kier molecular flexibility index (Phi) is 23.0. The van der Waals surface area contributed by atoms with Crippen molar-refractivity contribution in [1.82, 2.24) is 34.3 Å². The number of hydrogen-bond donors (Lipinski definition) is 0. The van der Waals surface area contributed by atoms with Gasteiger partial charge in [-0.15, -0.1) is 0 Å². The Labute approximate surface area is 307 Å². The van der Waals surface area contributed by atoms with Gasteiger partial charge in [0.1, 0.15) is 0 Å². The van der Waals surface area contributed by atoms with Crippen LogP contribution in [0.5, 0.6) is 0 Å². The molecule has 0 aromatic rings. The van der Waals surface area contributed by atoms with Gasteiger partial charge in [-0.1, -0.05) is 42.0 Å². The van der Waals surface area contributed by atoms with Crippen molar-refractivity contribution < 1.29 is 9.59 Å². The first-order valence-corrected chi connectivity index (χ1v) is 19.1. The molecule has 4 saturated heterocycles. The molecule has 4 aliphatic rings. The van der Waals surface area contributed by atoms with Crippen LogP contribution in [0.25, 0.3) is 0 Å². The van der Waals surface area contributed by atoms with Crippen LogP contribution in [0.15, 0.2) is 0 Å². The van der Waals surface area contributed by atoms with Gasteiger partial charge in [0.2, 0.25) is 11.8 Å². The summed E-state index contributed by atoms with van der Waals surface area (Å²) < 4.78 is 0. The number of piperidine rings is 1. The molecule has 0 aromatic carbocycles. The Morgan fingerprint density at radius 3 is 1.10 bits per heavy atom. The topological polar surface area (TPSA) is 56.8 Å². The minimum absolute atomic E-state index is 0. The molecule has 0 aromatic heterocycles. The molecule has 4 aliphatic heterocycles. The molecule has 0 unspecified atom stereocenters. The average Bonchev–Trinajstić information content (AvgIpc) is 2.99. The minimum atomic E-state index is -0.197. The lowest BCUT2D eigenvalue weighted by Gasteiger charge is -2.41. The third-order valence-corrected chi connectivity index (χ3v) is 9.59. The molecule has 4 heterocycles. The minimum Gasteiger partial charge on any atom is -0.343 e. The first kappa shape index (κ1) is 49.9. The number of piperazine rings is 3. The van der Waals surface area contributed by atoms with E-state index in [2.05, 4.69) is 101 Å². The van der Waals surface area contributed by atoms with E-state index in [9.17, 15) is 9.59 Å². The van der Waals surface area contributed by atoms with E-state index in [0.717, 1.165) is 26.2 Å². The Morgan fingerprint density at radius 2 is 0.816 bits per heavy atom. The van der Waals surface area contributed by atoms with E-state index in [1.165, 1.54) is 71.6 Å². The van der Waals surface area contributed by atoms with Crippen molar-refractivity contribution in [2.24, 2.45) is 5.41 Å². The number of carbonyl (C=O) groups excluding carboxylic acids is 2. The quantitative estimate of drug-likeness (QED) is 0.293. The summed E-state index contributed by atoms with van der Waals surface area (Å²) in [5, 5.41) is 0. The van der Waals surface area contributed by atoms with Gasteiger partial charge in [0.15, 0.2) is 0 Å². The number of amides is 2. The van der Waals surface area contributed by atoms with Crippen LogP contribution in [0.4, 0.5) is 0 Å². The van der Waals surface area contributed by atoms with Gasteiger partial charge in [-0.3, -0.25) is 24.3 Å². The van der Waals surface area contributed by atoms with E-state index in [0.29, 0.717) is 23.5 Å². The Bertz CT molecular complexity index is 844. The number of hydrogen-bond acceptors (Lipinski definition) is 7. The third kappa shape index (κ3) is 20.4. The van der Waals surface area contributed by atoms with Crippen LogP contribution in [-0.4, -0.2) is 169 Å². The van der Waals surface area contributed by atoms with Gasteiger partial charge in [0.25, 0.3) is 0 Å². The first-order valence-electron chi connectivity index (χ1n) is 19.1. The van der Waals surface area contributed by atoms with Crippen molar-refractivity contribution in [2.75, 3.05) is 106 Å². The Hall–Kier alpha value is -1.26. The SMILES string of the molecule is C.CC.CC(C)(C)C(=O)N1CCCCC1.CN1CCN(C(C)(C)C)CC1.CN1CCN(C(C)(C)C)CC1.CN1CCN(C(C)(C)C)CC1=O. The number of carbonyl (C=O) groups is 2. The van der Waals surface area contributed by atoms with Gasteiger partial charge in [-0.25, -0.2) is 0 Å². The van der Waals surface area contributed by atoms with Crippen molar-refractivity contribution in [1.29, 1.82) is 0 Å². The molecule has 294 valence electrons. The molecule has 9 nitrogen and oxygen atoms in total. The van der Waals surface area contributed by atoms with Crippen LogP contribution in [0.2, 0.25) is 0 Å². The van der Waals surface area contributed by atoms with Crippen LogP contribution < -0.4 is 0 Å². The summed E-state index contributed by atoms with van der Waals surface area (Å²) in [5.74, 6) is 0.540. The second kappa shape index (κ2) is 22.6. The molecule has 0 N–H and O–H groups in total. The van der Waals surface area contributed by atoms with Crippen LogP contribution in [-0.2, 0) is 9.59 Å². The first-order chi connectivity index (χ1) is 21.9. The van der Waals surface area contributed by atoms with E-state index in [1.54, 1.807) is 4.90 Å². The monoisotopic (exact) mass is 698 g/mol. The maximum atomic E-state index is 11.7. The molecule has 4 rings (SSSR count). The van der Waals surface area contributed by atoms with Crippen molar-refractivity contribution in [3.8, 4) is 0 Å². The molecule has 0 saturated carbocycles. The van der Waals surface area contributed by atoms with Gasteiger partial charge >= 0.3 is 0 Å². The number of likely N-dealkylation sites (N-methyl/N-ethyl adjacent to an activating group) is 3. The van der Waals surface area contributed by atoms with Crippen LogP contribution >= 0.6 is 0 Å². The predicted octanol–water partition coefficient (Wildman–Crippen LogP) is 6.33. The fraction of sp³-hybridized carbons (Fsp3) is 0.950. The lowest BCUT2D eigenvalue weighted by molar-refractivity contribution is -0.140. The fourth-order valence-electron chi connectivity index (χ4n) is 5.86. The van der Waals surface area contributed by atoms with Crippen molar-refractivity contribution in [2.45, 2.75) is 140 Å². The molecule has 9 heteroatoms. The summed E-state index contributed by atoms with van der Waals surface area (Å²) in [5.41, 5.74) is 0.650. The Balaban J connectivity index is 0. The Morgan fingerprint density at radius 1 is 0.490 bits per heavy atom. The molecule has 49 heavy (non-hydrogen) atoms. The lowest BCUT2D eigenvalue weighted by atomic mass is 9.93. The van der Waals surface area contributed by atoms with Crippen molar-refractivity contribution in [3.05, 3.63) is 0 Å². The summed E-state index contributed by atoms with van der Waals surface area (Å²) in [4.78, 5) is 39.0. The summed E-state index contributed by atoms with van der Waals surface area (Å²) in [7, 11) is 6.25. The molecule has 4 fully saturated rings. The summed E-state index contributed by atoms with van der Waals surface area (Å²) in [6.07, 6.45) is 3.65. The standard InChI is InChI=1S/C10H19NO.C9H18N2O.2C9H20N2.C2H6.CH4/c1-10(2,3)9(12)11-7-5-4-6-8-11;1-9(2,3)11-6-5-10(4)8(12)7-11;2*1-9(2,3)11-7-5-10(4)6-8-11;1-2;/h4-8H2,1-3H3;5-7H2,1-4H3;2*5-8H2,1-4H3;1-2H3;1H4. The number of likely N-dealkylation sites (tertiary alicyclic amines) is 1. The number of nitrogens with zero attached hydrogens (tertiary/aromatic N) is 7. The molecule has 0 radical (unpaired) electrons. The van der Waals surface area contributed by atoms with Gasteiger partial charge in [-0.2, -0.15) is 0 Å². The van der Waals surface area contributed by atoms with E-state index < -0.39 is 0 Å². The lowest BCUT2D eigenvalue weighted by Crippen LogP contribution is -2.55. The highest BCUT2D eigenvalue weighted by molar-refractivity contribution is 5.81. The molecule has 0 bridgehead atoms. The second-order valence-corrected chi connectivity index (χ2v) is 17.9. The zero-order valence-corrected chi connectivity index (χ0v) is 35.3. The van der Waals surface area contributed by atoms with E-state index in [1.807, 2.05) is 46.6 Å².